The summed E-state index contributed by atoms with van der Waals surface area (Å²) >= 11 is 0. The van der Waals surface area contributed by atoms with E-state index >= 15 is 0 Å². The van der Waals surface area contributed by atoms with Crippen molar-refractivity contribution in [3.63, 3.8) is 0 Å². The molecule has 0 aliphatic rings. The zero-order valence-corrected chi connectivity index (χ0v) is 18.4. The van der Waals surface area contributed by atoms with Crippen LogP contribution in [-0.4, -0.2) is 43.1 Å². The highest BCUT2D eigenvalue weighted by atomic mass is 16.5. The largest absolute Gasteiger partial charge is 0.504 e. The number of carbonyl (C=O) groups is 1. The van der Waals surface area contributed by atoms with Crippen LogP contribution in [0.3, 0.4) is 0 Å². The van der Waals surface area contributed by atoms with Crippen molar-refractivity contribution in [3.05, 3.63) is 84.8 Å². The lowest BCUT2D eigenvalue weighted by Gasteiger charge is -2.24. The van der Waals surface area contributed by atoms with Crippen molar-refractivity contribution >= 4 is 22.6 Å². The molecule has 3 aromatic carbocycles. The van der Waals surface area contributed by atoms with Gasteiger partial charge in [0.05, 0.1) is 37.4 Å². The van der Waals surface area contributed by atoms with Crippen LogP contribution >= 0.6 is 0 Å². The number of imidazole rings is 1. The van der Waals surface area contributed by atoms with Gasteiger partial charge in [-0.05, 0) is 47.5 Å². The molecule has 0 saturated carbocycles. The Morgan fingerprint density at radius 2 is 1.94 bits per heavy atom. The summed E-state index contributed by atoms with van der Waals surface area (Å²) in [7, 11) is 1.49. The number of rotatable bonds is 7. The fourth-order valence-electron chi connectivity index (χ4n) is 3.81. The standard InChI is InChI=1S/C25H22N6O3/c1-34-24-12-17(6-11-23(24)32)14-30(19-9-7-18(8-10-19)21-13-26-16-27-21)25(33)15-31-22-5-3-2-4-20(22)28-29-31/h2-13,16,32H,14-15H2,1H3,(H,26,27). The molecule has 1 amide bonds. The number of benzene rings is 3. The zero-order valence-electron chi connectivity index (χ0n) is 18.4. The molecular formula is C25H22N6O3. The second kappa shape index (κ2) is 9.07. The molecule has 2 N–H and O–H groups in total. The van der Waals surface area contributed by atoms with Gasteiger partial charge >= 0.3 is 0 Å². The molecule has 0 bridgehead atoms. The van der Waals surface area contributed by atoms with Crippen LogP contribution in [0.5, 0.6) is 11.5 Å². The number of fused-ring (bicyclic) bond motifs is 1. The molecule has 170 valence electrons. The quantitative estimate of drug-likeness (QED) is 0.388. The number of hydrogen-bond donors (Lipinski definition) is 2. The van der Waals surface area contributed by atoms with E-state index in [9.17, 15) is 9.90 Å². The van der Waals surface area contributed by atoms with Crippen LogP contribution in [0.1, 0.15) is 5.56 Å². The van der Waals surface area contributed by atoms with Gasteiger partial charge in [0.1, 0.15) is 12.1 Å². The van der Waals surface area contributed by atoms with Gasteiger partial charge in [-0.1, -0.05) is 35.5 Å². The first-order valence-electron chi connectivity index (χ1n) is 10.7. The maximum absolute atomic E-state index is 13.5. The van der Waals surface area contributed by atoms with E-state index in [1.807, 2.05) is 48.5 Å². The van der Waals surface area contributed by atoms with Crippen LogP contribution in [0.25, 0.3) is 22.3 Å². The molecule has 0 atom stereocenters. The van der Waals surface area contributed by atoms with Crippen LogP contribution in [-0.2, 0) is 17.9 Å². The van der Waals surface area contributed by atoms with Gasteiger partial charge in [0.15, 0.2) is 11.5 Å². The predicted molar refractivity (Wildman–Crippen MR) is 127 cm³/mol. The number of anilines is 1. The maximum Gasteiger partial charge on any atom is 0.249 e. The second-order valence-electron chi connectivity index (χ2n) is 7.73. The van der Waals surface area contributed by atoms with Gasteiger partial charge in [-0.2, -0.15) is 0 Å². The third kappa shape index (κ3) is 4.18. The minimum absolute atomic E-state index is 0.0258. The smallest absolute Gasteiger partial charge is 0.249 e. The Bertz CT molecular complexity index is 1430. The number of methoxy groups -OCH3 is 1. The number of nitrogens with zero attached hydrogens (tertiary/aromatic N) is 5. The Kier molecular flexibility index (Phi) is 5.65. The van der Waals surface area contributed by atoms with Crippen LogP contribution in [0.4, 0.5) is 5.69 Å². The van der Waals surface area contributed by atoms with Crippen LogP contribution in [0, 0.1) is 0 Å². The minimum atomic E-state index is -0.156. The number of aromatic amines is 1. The number of amides is 1. The lowest BCUT2D eigenvalue weighted by molar-refractivity contribution is -0.119. The van der Waals surface area contributed by atoms with Crippen molar-refractivity contribution in [1.29, 1.82) is 0 Å². The molecule has 5 aromatic rings. The molecular weight excluding hydrogens is 432 g/mol. The monoisotopic (exact) mass is 454 g/mol. The van der Waals surface area contributed by atoms with E-state index in [1.165, 1.54) is 7.11 Å². The highest BCUT2D eigenvalue weighted by Gasteiger charge is 2.19. The van der Waals surface area contributed by atoms with Crippen molar-refractivity contribution in [1.82, 2.24) is 25.0 Å². The molecule has 0 saturated heterocycles. The first kappa shape index (κ1) is 21.2. The predicted octanol–water partition coefficient (Wildman–Crippen LogP) is 3.77. The molecule has 0 spiro atoms. The van der Waals surface area contributed by atoms with Gasteiger partial charge in [0.25, 0.3) is 0 Å². The van der Waals surface area contributed by atoms with Gasteiger partial charge in [-0.15, -0.1) is 5.10 Å². The SMILES string of the molecule is COc1cc(CN(C(=O)Cn2nnc3ccccc32)c2ccc(-c3cnc[nH]3)cc2)ccc1O. The summed E-state index contributed by atoms with van der Waals surface area (Å²) in [4.78, 5) is 22.4. The van der Waals surface area contributed by atoms with E-state index < -0.39 is 0 Å². The number of phenolic OH excluding ortho intramolecular Hbond substituents is 1. The summed E-state index contributed by atoms with van der Waals surface area (Å²) in [5, 5.41) is 18.3. The number of carbonyl (C=O) groups excluding carboxylic acids is 1. The van der Waals surface area contributed by atoms with E-state index in [0.717, 1.165) is 33.5 Å². The van der Waals surface area contributed by atoms with E-state index in [-0.39, 0.29) is 24.7 Å². The molecule has 0 aliphatic heterocycles. The first-order valence-corrected chi connectivity index (χ1v) is 10.7. The fraction of sp³-hybridized carbons (Fsp3) is 0.120. The summed E-state index contributed by atoms with van der Waals surface area (Å²) in [6.07, 6.45) is 3.37. The van der Waals surface area contributed by atoms with Gasteiger partial charge in [-0.3, -0.25) is 4.79 Å². The topological polar surface area (TPSA) is 109 Å². The summed E-state index contributed by atoms with van der Waals surface area (Å²) < 4.78 is 6.84. The van der Waals surface area contributed by atoms with E-state index in [0.29, 0.717) is 5.75 Å². The fourth-order valence-corrected chi connectivity index (χ4v) is 3.81. The van der Waals surface area contributed by atoms with Crippen molar-refractivity contribution < 1.29 is 14.6 Å². The van der Waals surface area contributed by atoms with Crippen LogP contribution in [0.2, 0.25) is 0 Å². The van der Waals surface area contributed by atoms with Gasteiger partial charge in [-0.25, -0.2) is 9.67 Å². The summed E-state index contributed by atoms with van der Waals surface area (Å²) in [5.74, 6) is 0.237. The molecule has 0 radical (unpaired) electrons. The third-order valence-electron chi connectivity index (χ3n) is 5.58. The molecule has 5 rings (SSSR count). The second-order valence-corrected chi connectivity index (χ2v) is 7.73. The van der Waals surface area contributed by atoms with Crippen molar-refractivity contribution in [3.8, 4) is 22.8 Å². The molecule has 34 heavy (non-hydrogen) atoms. The van der Waals surface area contributed by atoms with E-state index in [2.05, 4.69) is 20.3 Å². The lowest BCUT2D eigenvalue weighted by Crippen LogP contribution is -2.33. The molecule has 0 unspecified atom stereocenters. The Balaban J connectivity index is 1.47. The summed E-state index contributed by atoms with van der Waals surface area (Å²) in [6.45, 7) is 0.309. The van der Waals surface area contributed by atoms with Gasteiger partial charge < -0.3 is 19.7 Å². The molecule has 9 nitrogen and oxygen atoms in total. The maximum atomic E-state index is 13.5. The van der Waals surface area contributed by atoms with Crippen molar-refractivity contribution in [2.75, 3.05) is 12.0 Å². The minimum Gasteiger partial charge on any atom is -0.504 e. The number of phenols is 1. The van der Waals surface area contributed by atoms with Crippen molar-refractivity contribution in [2.45, 2.75) is 13.1 Å². The average molecular weight is 454 g/mol. The van der Waals surface area contributed by atoms with E-state index in [1.54, 1.807) is 40.3 Å². The molecule has 0 fully saturated rings. The first-order chi connectivity index (χ1) is 16.6. The number of hydrogen-bond acceptors (Lipinski definition) is 6. The summed E-state index contributed by atoms with van der Waals surface area (Å²) in [6, 6.07) is 20.2. The number of ether oxygens (including phenoxy) is 1. The highest BCUT2D eigenvalue weighted by Crippen LogP contribution is 2.29. The zero-order chi connectivity index (χ0) is 23.5. The number of para-hydroxylation sites is 1. The van der Waals surface area contributed by atoms with Gasteiger partial charge in [0.2, 0.25) is 5.91 Å². The number of H-pyrrole nitrogens is 1. The van der Waals surface area contributed by atoms with Crippen LogP contribution < -0.4 is 9.64 Å². The number of aromatic hydroxyl groups is 1. The van der Waals surface area contributed by atoms with Gasteiger partial charge in [0, 0.05) is 5.69 Å². The van der Waals surface area contributed by atoms with E-state index in [4.69, 9.17) is 4.74 Å². The van der Waals surface area contributed by atoms with Crippen molar-refractivity contribution in [2.24, 2.45) is 0 Å². The summed E-state index contributed by atoms with van der Waals surface area (Å²) in [5.41, 5.74) is 4.91. The third-order valence-corrected chi connectivity index (χ3v) is 5.58. The Morgan fingerprint density at radius 3 is 2.71 bits per heavy atom. The lowest BCUT2D eigenvalue weighted by atomic mass is 10.1. The number of nitrogens with one attached hydrogen (secondary N) is 1. The normalized spacial score (nSPS) is 11.0. The van der Waals surface area contributed by atoms with Crippen LogP contribution in [0.15, 0.2) is 79.3 Å². The highest BCUT2D eigenvalue weighted by molar-refractivity contribution is 5.94. The Hall–Kier alpha value is -4.66. The molecule has 2 aromatic heterocycles. The molecule has 0 aliphatic carbocycles. The Labute approximate surface area is 195 Å². The molecule has 2 heterocycles. The Morgan fingerprint density at radius 1 is 1.12 bits per heavy atom. The average Bonchev–Trinajstić information content (AvgIpc) is 3.54. The molecule has 9 heteroatoms. The number of aromatic nitrogens is 5.